The molecular weight excluding hydrogens is 486 g/mol. The predicted octanol–water partition coefficient (Wildman–Crippen LogP) is 5.52. The van der Waals surface area contributed by atoms with Crippen molar-refractivity contribution >= 4 is 42.3 Å². The lowest BCUT2D eigenvalue weighted by Crippen LogP contribution is -2.57. The van der Waals surface area contributed by atoms with Gasteiger partial charge in [-0.3, -0.25) is 9.59 Å². The van der Waals surface area contributed by atoms with Crippen molar-refractivity contribution < 1.29 is 19.1 Å². The average Bonchev–Trinajstić information content (AvgIpc) is 2.81. The number of thiol groups is 1. The van der Waals surface area contributed by atoms with Crippen LogP contribution in [-0.2, 0) is 14.3 Å². The van der Waals surface area contributed by atoms with Gasteiger partial charge in [-0.25, -0.2) is 4.79 Å². The molecule has 37 heavy (non-hydrogen) atoms. The first-order chi connectivity index (χ1) is 17.5. The van der Waals surface area contributed by atoms with Gasteiger partial charge in [0.25, 0.3) is 5.91 Å². The Morgan fingerprint density at radius 1 is 1.16 bits per heavy atom. The Kier molecular flexibility index (Phi) is 9.43. The minimum Gasteiger partial charge on any atom is -0.444 e. The van der Waals surface area contributed by atoms with Crippen molar-refractivity contribution in [3.8, 4) is 0 Å². The molecule has 1 saturated carbocycles. The van der Waals surface area contributed by atoms with E-state index in [1.165, 1.54) is 0 Å². The molecule has 1 aliphatic carbocycles. The van der Waals surface area contributed by atoms with Crippen LogP contribution < -0.4 is 10.6 Å². The SMILES string of the molecule is C=Cc1cccc(C(C(=O)Nc2ccccc2C)N(C(=O)C(CS)NC(=O)OC(C)(C)C)C2CCC2)c1. The Hall–Kier alpha value is -3.26. The summed E-state index contributed by atoms with van der Waals surface area (Å²) in [4.78, 5) is 42.1. The number of carbonyl (C=O) groups excluding carboxylic acids is 3. The van der Waals surface area contributed by atoms with Crippen molar-refractivity contribution in [3.63, 3.8) is 0 Å². The van der Waals surface area contributed by atoms with E-state index in [9.17, 15) is 14.4 Å². The minimum absolute atomic E-state index is 0.0557. The Morgan fingerprint density at radius 2 is 1.86 bits per heavy atom. The Balaban J connectivity index is 2.01. The first-order valence-electron chi connectivity index (χ1n) is 12.6. The molecule has 1 aliphatic rings. The van der Waals surface area contributed by atoms with Crippen molar-refractivity contribution in [2.24, 2.45) is 0 Å². The summed E-state index contributed by atoms with van der Waals surface area (Å²) in [6, 6.07) is 12.9. The van der Waals surface area contributed by atoms with Crippen LogP contribution in [0.1, 0.15) is 62.8 Å². The molecule has 0 radical (unpaired) electrons. The van der Waals surface area contributed by atoms with Gasteiger partial charge in [-0.2, -0.15) is 12.6 Å². The van der Waals surface area contributed by atoms with Gasteiger partial charge >= 0.3 is 6.09 Å². The number of hydrogen-bond acceptors (Lipinski definition) is 5. The molecular formula is C29H37N3O4S. The number of ether oxygens (including phenoxy) is 1. The quantitative estimate of drug-likeness (QED) is 0.378. The van der Waals surface area contributed by atoms with Gasteiger partial charge in [0, 0.05) is 17.5 Å². The highest BCUT2D eigenvalue weighted by Crippen LogP contribution is 2.35. The molecule has 2 N–H and O–H groups in total. The molecule has 0 aromatic heterocycles. The van der Waals surface area contributed by atoms with Gasteiger partial charge in [0.1, 0.15) is 17.7 Å². The predicted molar refractivity (Wildman–Crippen MR) is 151 cm³/mol. The molecule has 0 aliphatic heterocycles. The average molecular weight is 524 g/mol. The third-order valence-corrected chi connectivity index (χ3v) is 6.65. The van der Waals surface area contributed by atoms with Crippen LogP contribution in [0.2, 0.25) is 0 Å². The highest BCUT2D eigenvalue weighted by Gasteiger charge is 2.41. The highest BCUT2D eigenvalue weighted by atomic mass is 32.1. The summed E-state index contributed by atoms with van der Waals surface area (Å²) >= 11 is 4.35. The van der Waals surface area contributed by atoms with E-state index in [1.807, 2.05) is 55.5 Å². The third-order valence-electron chi connectivity index (χ3n) is 6.29. The highest BCUT2D eigenvalue weighted by molar-refractivity contribution is 7.80. The molecule has 2 unspecified atom stereocenters. The summed E-state index contributed by atoms with van der Waals surface area (Å²) in [6.45, 7) is 11.0. The molecule has 8 heteroatoms. The topological polar surface area (TPSA) is 87.7 Å². The fourth-order valence-electron chi connectivity index (χ4n) is 4.21. The first-order valence-corrected chi connectivity index (χ1v) is 13.2. The molecule has 2 aromatic carbocycles. The monoisotopic (exact) mass is 523 g/mol. The summed E-state index contributed by atoms with van der Waals surface area (Å²) in [5, 5.41) is 5.68. The number of hydrogen-bond donors (Lipinski definition) is 3. The molecule has 0 saturated heterocycles. The summed E-state index contributed by atoms with van der Waals surface area (Å²) in [5.74, 6) is -0.648. The molecule has 2 aromatic rings. The van der Waals surface area contributed by atoms with Gasteiger partial charge in [-0.1, -0.05) is 49.1 Å². The summed E-state index contributed by atoms with van der Waals surface area (Å²) in [7, 11) is 0. The summed E-state index contributed by atoms with van der Waals surface area (Å²) in [5.41, 5.74) is 2.37. The van der Waals surface area contributed by atoms with Crippen LogP contribution in [0.3, 0.4) is 0 Å². The van der Waals surface area contributed by atoms with Crippen LogP contribution in [-0.4, -0.2) is 46.2 Å². The summed E-state index contributed by atoms with van der Waals surface area (Å²) in [6.07, 6.45) is 3.50. The number of carbonyl (C=O) groups is 3. The number of rotatable bonds is 9. The molecule has 2 atom stereocenters. The number of alkyl carbamates (subject to hydrolysis) is 1. The standard InChI is InChI=1S/C29H37N3O4S/c1-6-20-12-9-13-21(17-20)25(26(33)30-23-16-8-7-11-19(23)2)32(22-14-10-15-22)27(34)24(18-37)31-28(35)36-29(3,4)5/h6-9,11-13,16-17,22,24-25,37H,1,10,14-15,18H2,2-5H3,(H,30,33)(H,31,35). The van der Waals surface area contributed by atoms with E-state index in [2.05, 4.69) is 29.8 Å². The van der Waals surface area contributed by atoms with Gasteiger partial charge in [0.05, 0.1) is 0 Å². The maximum atomic E-state index is 14.0. The van der Waals surface area contributed by atoms with Crippen molar-refractivity contribution in [2.75, 3.05) is 11.1 Å². The Labute approximate surface area is 225 Å². The van der Waals surface area contributed by atoms with Crippen LogP contribution in [0, 0.1) is 6.92 Å². The number of aryl methyl sites for hydroxylation is 1. The lowest BCUT2D eigenvalue weighted by atomic mass is 9.88. The zero-order valence-corrected chi connectivity index (χ0v) is 22.9. The second-order valence-corrected chi connectivity index (χ2v) is 10.7. The molecule has 7 nitrogen and oxygen atoms in total. The molecule has 0 heterocycles. The second kappa shape index (κ2) is 12.3. The number of nitrogens with one attached hydrogen (secondary N) is 2. The van der Waals surface area contributed by atoms with Crippen molar-refractivity contribution in [1.29, 1.82) is 0 Å². The van der Waals surface area contributed by atoms with Gasteiger partial charge < -0.3 is 20.3 Å². The fraction of sp³-hybridized carbons (Fsp3) is 0.414. The van der Waals surface area contributed by atoms with Gasteiger partial charge in [0.15, 0.2) is 0 Å². The summed E-state index contributed by atoms with van der Waals surface area (Å²) < 4.78 is 5.37. The molecule has 0 bridgehead atoms. The van der Waals surface area contributed by atoms with E-state index in [-0.39, 0.29) is 23.6 Å². The van der Waals surface area contributed by atoms with E-state index in [0.29, 0.717) is 11.3 Å². The molecule has 3 rings (SSSR count). The van der Waals surface area contributed by atoms with E-state index in [4.69, 9.17) is 4.74 Å². The zero-order valence-electron chi connectivity index (χ0n) is 22.0. The van der Waals surface area contributed by atoms with Crippen LogP contribution in [0.4, 0.5) is 10.5 Å². The van der Waals surface area contributed by atoms with Crippen LogP contribution in [0.15, 0.2) is 55.1 Å². The van der Waals surface area contributed by atoms with E-state index < -0.39 is 23.8 Å². The normalized spacial score (nSPS) is 15.1. The molecule has 198 valence electrons. The van der Waals surface area contributed by atoms with Crippen LogP contribution in [0.25, 0.3) is 6.08 Å². The maximum Gasteiger partial charge on any atom is 0.408 e. The van der Waals surface area contributed by atoms with E-state index >= 15 is 0 Å². The van der Waals surface area contributed by atoms with Gasteiger partial charge in [-0.05, 0) is 75.8 Å². The first kappa shape index (κ1) is 28.3. The zero-order chi connectivity index (χ0) is 27.2. The Morgan fingerprint density at radius 3 is 2.43 bits per heavy atom. The Bertz CT molecular complexity index is 1140. The van der Waals surface area contributed by atoms with Crippen molar-refractivity contribution in [2.45, 2.75) is 70.7 Å². The van der Waals surface area contributed by atoms with Gasteiger partial charge in [0.2, 0.25) is 5.91 Å². The van der Waals surface area contributed by atoms with Gasteiger partial charge in [-0.15, -0.1) is 0 Å². The maximum absolute atomic E-state index is 14.0. The fourth-order valence-corrected chi connectivity index (χ4v) is 4.45. The molecule has 0 spiro atoms. The molecule has 1 fully saturated rings. The van der Waals surface area contributed by atoms with Crippen LogP contribution in [0.5, 0.6) is 0 Å². The number of para-hydroxylation sites is 1. The lowest BCUT2D eigenvalue weighted by molar-refractivity contribution is -0.145. The minimum atomic E-state index is -0.963. The number of amides is 3. The largest absolute Gasteiger partial charge is 0.444 e. The van der Waals surface area contributed by atoms with E-state index in [1.54, 1.807) is 31.7 Å². The van der Waals surface area contributed by atoms with Crippen molar-refractivity contribution in [3.05, 3.63) is 71.8 Å². The number of nitrogens with zero attached hydrogens (tertiary/aromatic N) is 1. The second-order valence-electron chi connectivity index (χ2n) is 10.3. The van der Waals surface area contributed by atoms with E-state index in [0.717, 1.165) is 30.4 Å². The number of benzene rings is 2. The third kappa shape index (κ3) is 7.38. The molecule has 3 amide bonds. The smallest absolute Gasteiger partial charge is 0.408 e. The lowest BCUT2D eigenvalue weighted by Gasteiger charge is -2.43. The van der Waals surface area contributed by atoms with Crippen molar-refractivity contribution in [1.82, 2.24) is 10.2 Å². The number of anilines is 1. The van der Waals surface area contributed by atoms with Crippen LogP contribution >= 0.6 is 12.6 Å².